The van der Waals surface area contributed by atoms with Gasteiger partial charge < -0.3 is 18.9 Å². The van der Waals surface area contributed by atoms with Crippen LogP contribution in [0.1, 0.15) is 67.7 Å². The number of epoxide rings is 1. The third kappa shape index (κ3) is 5.58. The molecule has 0 radical (unpaired) electrons. The molecule has 0 aromatic heterocycles. The number of ketones is 1. The number of Topliss-reactive ketones (excluding diaryl/α,β-unsaturated/α-hetero) is 1. The molecular formula is C28H40O8. The molecule has 0 unspecified atom stereocenters. The monoisotopic (exact) mass is 504 g/mol. The summed E-state index contributed by atoms with van der Waals surface area (Å²) in [5, 5.41) is 0. The van der Waals surface area contributed by atoms with E-state index >= 15 is 0 Å². The standard InChI is InChI=1S/C28H40O8/c1-9-14(3)11-21(31)35-25-16(5)19-12-20(30)22(17(6)34-18(7)29)23(19)24(28(8)13-33-28)26(25)36-27(32)15(4)10-2/h11,15,17,19,22-26H,5,9-10,12-13H2,1-4,6-8H3/b14-11+/t15-,17+,19-,22-,23-,24-,25-,26+,28+/m0/s1. The second-order valence-electron chi connectivity index (χ2n) is 10.8. The molecule has 0 bridgehead atoms. The molecule has 8 heteroatoms. The first-order valence-electron chi connectivity index (χ1n) is 12.9. The quantitative estimate of drug-likeness (QED) is 0.153. The zero-order chi connectivity index (χ0) is 26.9. The Hall–Kier alpha value is -2.48. The Kier molecular flexibility index (Phi) is 8.48. The number of hydrogen-bond donors (Lipinski definition) is 0. The lowest BCUT2D eigenvalue weighted by molar-refractivity contribution is -0.183. The topological polar surface area (TPSA) is 109 Å². The first-order valence-corrected chi connectivity index (χ1v) is 12.9. The molecule has 1 aliphatic heterocycles. The van der Waals surface area contributed by atoms with Gasteiger partial charge in [0, 0.05) is 25.3 Å². The van der Waals surface area contributed by atoms with Crippen LogP contribution >= 0.6 is 0 Å². The van der Waals surface area contributed by atoms with Gasteiger partial charge in [-0.3, -0.25) is 14.4 Å². The van der Waals surface area contributed by atoms with Crippen LogP contribution < -0.4 is 0 Å². The SMILES string of the molecule is C=C1[C@@H]2CC(=O)[C@H]([C@@H](C)OC(C)=O)[C@H]2[C@H]([C@@]2(C)CO2)[C@@H](OC(=O)[C@@H](C)CC)[C@H]1OC(=O)/C=C(\C)CC. The molecule has 3 aliphatic rings. The van der Waals surface area contributed by atoms with E-state index in [1.807, 2.05) is 27.7 Å². The van der Waals surface area contributed by atoms with Crippen LogP contribution in [0.25, 0.3) is 0 Å². The van der Waals surface area contributed by atoms with Crippen LogP contribution in [-0.2, 0) is 38.1 Å². The Morgan fingerprint density at radius 1 is 1.19 bits per heavy atom. The molecule has 3 rings (SSSR count). The summed E-state index contributed by atoms with van der Waals surface area (Å²) < 4.78 is 23.3. The van der Waals surface area contributed by atoms with Crippen molar-refractivity contribution in [3.63, 3.8) is 0 Å². The number of allylic oxidation sites excluding steroid dienone is 1. The molecule has 0 aromatic carbocycles. The fourth-order valence-corrected chi connectivity index (χ4v) is 5.76. The van der Waals surface area contributed by atoms with E-state index in [0.717, 1.165) is 5.57 Å². The minimum atomic E-state index is -0.922. The Morgan fingerprint density at radius 3 is 2.36 bits per heavy atom. The van der Waals surface area contributed by atoms with Crippen LogP contribution in [0.5, 0.6) is 0 Å². The van der Waals surface area contributed by atoms with Crippen LogP contribution in [0.15, 0.2) is 23.8 Å². The fourth-order valence-electron chi connectivity index (χ4n) is 5.76. The van der Waals surface area contributed by atoms with E-state index in [4.69, 9.17) is 18.9 Å². The number of ether oxygens (including phenoxy) is 4. The van der Waals surface area contributed by atoms with Crippen molar-refractivity contribution in [1.29, 1.82) is 0 Å². The van der Waals surface area contributed by atoms with Crippen LogP contribution in [0.4, 0.5) is 0 Å². The third-order valence-corrected chi connectivity index (χ3v) is 8.18. The van der Waals surface area contributed by atoms with Crippen molar-refractivity contribution in [3.8, 4) is 0 Å². The maximum atomic E-state index is 13.3. The Balaban J connectivity index is 2.07. The largest absolute Gasteiger partial charge is 0.462 e. The summed E-state index contributed by atoms with van der Waals surface area (Å²) in [5.41, 5.74) is 0.722. The number of fused-ring (bicyclic) bond motifs is 1. The Bertz CT molecular complexity index is 945. The molecular weight excluding hydrogens is 464 g/mol. The Labute approximate surface area is 213 Å². The zero-order valence-electron chi connectivity index (χ0n) is 22.5. The van der Waals surface area contributed by atoms with Gasteiger partial charge in [0.15, 0.2) is 6.10 Å². The van der Waals surface area contributed by atoms with Crippen LogP contribution in [0, 0.1) is 29.6 Å². The zero-order valence-corrected chi connectivity index (χ0v) is 22.5. The molecule has 0 aromatic rings. The molecule has 0 N–H and O–H groups in total. The minimum absolute atomic E-state index is 0.0464. The van der Waals surface area contributed by atoms with Crippen molar-refractivity contribution >= 4 is 23.7 Å². The van der Waals surface area contributed by atoms with Gasteiger partial charge in [0.05, 0.1) is 24.0 Å². The summed E-state index contributed by atoms with van der Waals surface area (Å²) in [4.78, 5) is 50.9. The van der Waals surface area contributed by atoms with Crippen molar-refractivity contribution in [3.05, 3.63) is 23.8 Å². The molecule has 1 saturated heterocycles. The summed E-state index contributed by atoms with van der Waals surface area (Å²) in [6.45, 7) is 17.1. The highest BCUT2D eigenvalue weighted by Gasteiger charge is 2.67. The normalized spacial score (nSPS) is 35.5. The van der Waals surface area contributed by atoms with Gasteiger partial charge in [0.25, 0.3) is 0 Å². The smallest absolute Gasteiger partial charge is 0.331 e. The first-order chi connectivity index (χ1) is 16.8. The van der Waals surface area contributed by atoms with Crippen molar-refractivity contribution in [1.82, 2.24) is 0 Å². The van der Waals surface area contributed by atoms with Gasteiger partial charge >= 0.3 is 17.9 Å². The summed E-state index contributed by atoms with van der Waals surface area (Å²) in [6.07, 6.45) is 0.432. The van der Waals surface area contributed by atoms with Gasteiger partial charge in [-0.25, -0.2) is 4.79 Å². The number of esters is 3. The summed E-state index contributed by atoms with van der Waals surface area (Å²) in [6, 6.07) is 0. The molecule has 2 saturated carbocycles. The average molecular weight is 505 g/mol. The third-order valence-electron chi connectivity index (χ3n) is 8.18. The predicted molar refractivity (Wildman–Crippen MR) is 132 cm³/mol. The molecule has 1 heterocycles. The van der Waals surface area contributed by atoms with Crippen molar-refractivity contribution in [2.75, 3.05) is 6.61 Å². The highest BCUT2D eigenvalue weighted by Crippen LogP contribution is 2.58. The Morgan fingerprint density at radius 2 is 1.83 bits per heavy atom. The highest BCUT2D eigenvalue weighted by atomic mass is 16.6. The molecule has 3 fully saturated rings. The molecule has 9 atom stereocenters. The lowest BCUT2D eigenvalue weighted by Gasteiger charge is -2.48. The van der Waals surface area contributed by atoms with Gasteiger partial charge in [-0.05, 0) is 51.0 Å². The number of rotatable bonds is 9. The van der Waals surface area contributed by atoms with Crippen LogP contribution in [0.2, 0.25) is 0 Å². The second kappa shape index (κ2) is 10.9. The van der Waals surface area contributed by atoms with Gasteiger partial charge in [0.2, 0.25) is 0 Å². The second-order valence-corrected chi connectivity index (χ2v) is 10.8. The van der Waals surface area contributed by atoms with Gasteiger partial charge in [0.1, 0.15) is 18.0 Å². The molecule has 2 aliphatic carbocycles. The van der Waals surface area contributed by atoms with Crippen LogP contribution in [-0.4, -0.2) is 54.2 Å². The van der Waals surface area contributed by atoms with E-state index in [9.17, 15) is 19.2 Å². The van der Waals surface area contributed by atoms with Crippen LogP contribution in [0.3, 0.4) is 0 Å². The summed E-state index contributed by atoms with van der Waals surface area (Å²) in [7, 11) is 0. The van der Waals surface area contributed by atoms with Crippen molar-refractivity contribution in [2.24, 2.45) is 29.6 Å². The lowest BCUT2D eigenvalue weighted by atomic mass is 9.61. The summed E-state index contributed by atoms with van der Waals surface area (Å²) in [5.74, 6) is -3.54. The first kappa shape index (κ1) is 28.1. The van der Waals surface area contributed by atoms with Gasteiger partial charge in [-0.15, -0.1) is 0 Å². The number of carbonyl (C=O) groups is 4. The van der Waals surface area contributed by atoms with E-state index in [0.29, 0.717) is 25.0 Å². The van der Waals surface area contributed by atoms with Gasteiger partial charge in [-0.2, -0.15) is 0 Å². The minimum Gasteiger partial charge on any atom is -0.462 e. The maximum absolute atomic E-state index is 13.3. The van der Waals surface area contributed by atoms with Crippen molar-refractivity contribution in [2.45, 2.75) is 91.6 Å². The van der Waals surface area contributed by atoms with E-state index in [2.05, 4.69) is 6.58 Å². The van der Waals surface area contributed by atoms with E-state index in [-0.39, 0.29) is 30.0 Å². The maximum Gasteiger partial charge on any atom is 0.331 e. The van der Waals surface area contributed by atoms with E-state index in [1.165, 1.54) is 13.0 Å². The molecule has 0 amide bonds. The van der Waals surface area contributed by atoms with Crippen molar-refractivity contribution < 1.29 is 38.1 Å². The van der Waals surface area contributed by atoms with E-state index in [1.54, 1.807) is 13.8 Å². The molecule has 0 spiro atoms. The fraction of sp³-hybridized carbons (Fsp3) is 0.714. The highest BCUT2D eigenvalue weighted by molar-refractivity contribution is 5.86. The predicted octanol–water partition coefficient (Wildman–Crippen LogP) is 3.96. The molecule has 36 heavy (non-hydrogen) atoms. The lowest BCUT2D eigenvalue weighted by Crippen LogP contribution is -2.57. The summed E-state index contributed by atoms with van der Waals surface area (Å²) >= 11 is 0. The van der Waals surface area contributed by atoms with Gasteiger partial charge in [-0.1, -0.05) is 32.9 Å². The molecule has 8 nitrogen and oxygen atoms in total. The number of hydrogen-bond acceptors (Lipinski definition) is 8. The average Bonchev–Trinajstić information content (AvgIpc) is 3.45. The van der Waals surface area contributed by atoms with E-state index < -0.39 is 53.7 Å². The molecule has 200 valence electrons. The number of carbonyl (C=O) groups excluding carboxylic acids is 4.